The molecule has 0 saturated carbocycles. The summed E-state index contributed by atoms with van der Waals surface area (Å²) in [4.78, 5) is 34.4. The topological polar surface area (TPSA) is 99.1 Å². The lowest BCUT2D eigenvalue weighted by atomic mass is 10.1. The number of amides is 2. The number of carbonyl (C=O) groups excluding carboxylic acids is 2. The number of hydrogen-bond acceptors (Lipinski definition) is 4. The highest BCUT2D eigenvalue weighted by Crippen LogP contribution is 2.13. The van der Waals surface area contributed by atoms with E-state index in [1.807, 2.05) is 30.3 Å². The summed E-state index contributed by atoms with van der Waals surface area (Å²) < 4.78 is 0. The Morgan fingerprint density at radius 3 is 2.65 bits per heavy atom. The number of carbonyl (C=O) groups is 3. The minimum atomic E-state index is -0.895. The van der Waals surface area contributed by atoms with Gasteiger partial charge in [0.1, 0.15) is 5.71 Å². The van der Waals surface area contributed by atoms with Crippen molar-refractivity contribution in [3.05, 3.63) is 35.9 Å². The van der Waals surface area contributed by atoms with E-state index in [9.17, 15) is 14.4 Å². The Balaban J connectivity index is 1.93. The number of carboxylic acid groups (broad SMARTS) is 1. The van der Waals surface area contributed by atoms with Crippen molar-refractivity contribution in [3.63, 3.8) is 0 Å². The summed E-state index contributed by atoms with van der Waals surface area (Å²) in [5.74, 6) is -1.36. The van der Waals surface area contributed by atoms with Crippen molar-refractivity contribution >= 4 is 23.5 Å². The molecular formula is C16H19N3O4. The normalized spacial score (nSPS) is 14.3. The van der Waals surface area contributed by atoms with Crippen LogP contribution in [0.3, 0.4) is 0 Å². The maximum Gasteiger partial charge on any atom is 0.303 e. The molecule has 2 rings (SSSR count). The highest BCUT2D eigenvalue weighted by molar-refractivity contribution is 6.39. The number of carboxylic acids is 1. The molecule has 1 heterocycles. The second-order valence-electron chi connectivity index (χ2n) is 5.24. The second kappa shape index (κ2) is 8.07. The van der Waals surface area contributed by atoms with Gasteiger partial charge in [-0.2, -0.15) is 5.10 Å². The molecule has 1 aromatic rings. The van der Waals surface area contributed by atoms with E-state index in [1.54, 1.807) is 0 Å². The van der Waals surface area contributed by atoms with Crippen LogP contribution in [0.1, 0.15) is 31.2 Å². The van der Waals surface area contributed by atoms with Crippen molar-refractivity contribution in [2.45, 2.75) is 32.2 Å². The fraction of sp³-hybridized carbons (Fsp3) is 0.375. The van der Waals surface area contributed by atoms with Gasteiger partial charge in [0, 0.05) is 25.8 Å². The van der Waals surface area contributed by atoms with Crippen LogP contribution in [0.25, 0.3) is 0 Å². The summed E-state index contributed by atoms with van der Waals surface area (Å²) >= 11 is 0. The van der Waals surface area contributed by atoms with E-state index in [-0.39, 0.29) is 31.2 Å². The third-order valence-corrected chi connectivity index (χ3v) is 3.40. The smallest absolute Gasteiger partial charge is 0.303 e. The van der Waals surface area contributed by atoms with Gasteiger partial charge in [-0.3, -0.25) is 14.4 Å². The monoisotopic (exact) mass is 317 g/mol. The van der Waals surface area contributed by atoms with Crippen molar-refractivity contribution in [1.82, 2.24) is 10.3 Å². The van der Waals surface area contributed by atoms with E-state index in [0.29, 0.717) is 25.1 Å². The minimum Gasteiger partial charge on any atom is -0.481 e. The molecule has 0 fully saturated rings. The van der Waals surface area contributed by atoms with Gasteiger partial charge >= 0.3 is 5.97 Å². The number of nitrogens with zero attached hydrogens (tertiary/aromatic N) is 2. The largest absolute Gasteiger partial charge is 0.481 e. The Kier molecular flexibility index (Phi) is 5.85. The van der Waals surface area contributed by atoms with E-state index in [2.05, 4.69) is 10.4 Å². The van der Waals surface area contributed by atoms with Gasteiger partial charge in [-0.25, -0.2) is 5.01 Å². The van der Waals surface area contributed by atoms with Crippen LogP contribution in [0.4, 0.5) is 0 Å². The summed E-state index contributed by atoms with van der Waals surface area (Å²) in [5, 5.41) is 16.6. The Bertz CT molecular complexity index is 613. The standard InChI is InChI=1S/C16H19N3O4/c20-14-9-8-13(16(23)17-10-4-7-15(21)22)18-19(14)11-12-5-2-1-3-6-12/h1-3,5-6H,4,7-11H2,(H,17,23)(H,21,22). The molecule has 0 saturated heterocycles. The lowest BCUT2D eigenvalue weighted by molar-refractivity contribution is -0.137. The zero-order chi connectivity index (χ0) is 16.7. The molecule has 0 unspecified atom stereocenters. The lowest BCUT2D eigenvalue weighted by Crippen LogP contribution is -2.39. The number of aliphatic carboxylic acids is 1. The van der Waals surface area contributed by atoms with Crippen LogP contribution >= 0.6 is 0 Å². The van der Waals surface area contributed by atoms with Gasteiger partial charge in [0.05, 0.1) is 6.54 Å². The van der Waals surface area contributed by atoms with Crippen molar-refractivity contribution in [2.75, 3.05) is 6.54 Å². The molecule has 1 aliphatic heterocycles. The molecule has 0 bridgehead atoms. The van der Waals surface area contributed by atoms with Gasteiger partial charge in [-0.1, -0.05) is 30.3 Å². The van der Waals surface area contributed by atoms with E-state index in [4.69, 9.17) is 5.11 Å². The zero-order valence-corrected chi connectivity index (χ0v) is 12.7. The molecule has 7 heteroatoms. The fourth-order valence-electron chi connectivity index (χ4n) is 2.19. The Labute approximate surface area is 134 Å². The molecule has 0 aromatic heterocycles. The van der Waals surface area contributed by atoms with Crippen LogP contribution in [-0.2, 0) is 20.9 Å². The Hall–Kier alpha value is -2.70. The van der Waals surface area contributed by atoms with Crippen molar-refractivity contribution in [3.8, 4) is 0 Å². The van der Waals surface area contributed by atoms with Crippen LogP contribution in [0.5, 0.6) is 0 Å². The average molecular weight is 317 g/mol. The van der Waals surface area contributed by atoms with Crippen LogP contribution in [-0.4, -0.2) is 40.2 Å². The third kappa shape index (κ3) is 5.21. The predicted molar refractivity (Wildman–Crippen MR) is 83.5 cm³/mol. The third-order valence-electron chi connectivity index (χ3n) is 3.40. The van der Waals surface area contributed by atoms with Crippen LogP contribution in [0, 0.1) is 0 Å². The lowest BCUT2D eigenvalue weighted by Gasteiger charge is -2.23. The first-order valence-corrected chi connectivity index (χ1v) is 7.48. The SMILES string of the molecule is O=C(O)CCCNC(=O)C1=NN(Cc2ccccc2)C(=O)CC1. The van der Waals surface area contributed by atoms with Crippen LogP contribution in [0.2, 0.25) is 0 Å². The number of hydrazone groups is 1. The molecular weight excluding hydrogens is 298 g/mol. The molecule has 2 amide bonds. The first kappa shape index (κ1) is 16.7. The van der Waals surface area contributed by atoms with Gasteiger partial charge in [-0.15, -0.1) is 0 Å². The predicted octanol–water partition coefficient (Wildman–Crippen LogP) is 1.15. The van der Waals surface area contributed by atoms with Crippen LogP contribution < -0.4 is 5.32 Å². The zero-order valence-electron chi connectivity index (χ0n) is 12.7. The van der Waals surface area contributed by atoms with E-state index >= 15 is 0 Å². The maximum atomic E-state index is 12.0. The Morgan fingerprint density at radius 1 is 1.22 bits per heavy atom. The minimum absolute atomic E-state index is 0.00533. The average Bonchev–Trinajstić information content (AvgIpc) is 2.54. The van der Waals surface area contributed by atoms with Gasteiger partial charge in [0.2, 0.25) is 5.91 Å². The molecule has 2 N–H and O–H groups in total. The quantitative estimate of drug-likeness (QED) is 0.737. The number of nitrogens with one attached hydrogen (secondary N) is 1. The first-order chi connectivity index (χ1) is 11.1. The molecule has 1 aromatic carbocycles. The number of hydrogen-bond donors (Lipinski definition) is 2. The van der Waals surface area contributed by atoms with Gasteiger partial charge in [0.25, 0.3) is 5.91 Å². The molecule has 0 spiro atoms. The van der Waals surface area contributed by atoms with Gasteiger partial charge in [-0.05, 0) is 12.0 Å². The van der Waals surface area contributed by atoms with E-state index < -0.39 is 5.97 Å². The molecule has 122 valence electrons. The molecule has 23 heavy (non-hydrogen) atoms. The summed E-state index contributed by atoms with van der Waals surface area (Å²) in [6.07, 6.45) is 0.912. The van der Waals surface area contributed by atoms with Gasteiger partial charge in [0.15, 0.2) is 0 Å². The first-order valence-electron chi connectivity index (χ1n) is 7.48. The molecule has 0 radical (unpaired) electrons. The second-order valence-corrected chi connectivity index (χ2v) is 5.24. The van der Waals surface area contributed by atoms with E-state index in [1.165, 1.54) is 5.01 Å². The maximum absolute atomic E-state index is 12.0. The fourth-order valence-corrected chi connectivity index (χ4v) is 2.19. The van der Waals surface area contributed by atoms with Crippen molar-refractivity contribution < 1.29 is 19.5 Å². The van der Waals surface area contributed by atoms with E-state index in [0.717, 1.165) is 5.56 Å². The van der Waals surface area contributed by atoms with Crippen LogP contribution in [0.15, 0.2) is 35.4 Å². The van der Waals surface area contributed by atoms with Crippen molar-refractivity contribution in [2.24, 2.45) is 5.10 Å². The van der Waals surface area contributed by atoms with Gasteiger partial charge < -0.3 is 10.4 Å². The summed E-state index contributed by atoms with van der Waals surface area (Å²) in [5.41, 5.74) is 1.24. The summed E-state index contributed by atoms with van der Waals surface area (Å²) in [6.45, 7) is 0.603. The number of benzene rings is 1. The highest BCUT2D eigenvalue weighted by Gasteiger charge is 2.24. The highest BCUT2D eigenvalue weighted by atomic mass is 16.4. The molecule has 0 atom stereocenters. The summed E-state index contributed by atoms with van der Waals surface area (Å²) in [6, 6.07) is 9.43. The molecule has 0 aliphatic carbocycles. The van der Waals surface area contributed by atoms with Crippen molar-refractivity contribution in [1.29, 1.82) is 0 Å². The molecule has 1 aliphatic rings. The summed E-state index contributed by atoms with van der Waals surface area (Å²) in [7, 11) is 0. The molecule has 7 nitrogen and oxygen atoms in total. The Morgan fingerprint density at radius 2 is 1.96 bits per heavy atom. The number of rotatable bonds is 7.